The molecular formula is C27H34O9. The second kappa shape index (κ2) is 9.48. The molecule has 4 rings (SSSR count). The Labute approximate surface area is 210 Å². The molecule has 196 valence electrons. The SMILES string of the molecule is CCCOC(=O)OCC(=O)[C@@]1(OC(=O)OC)CC[C@H]2[C@@H]3CCC4=CC(=O)C=C[C@]4(C)[C@H]3C(=O)C[C@@]21C. The van der Waals surface area contributed by atoms with Crippen LogP contribution in [-0.2, 0) is 33.3 Å². The van der Waals surface area contributed by atoms with Gasteiger partial charge in [-0.1, -0.05) is 32.4 Å². The molecule has 0 aromatic rings. The van der Waals surface area contributed by atoms with Gasteiger partial charge in [-0.3, -0.25) is 14.4 Å². The molecule has 36 heavy (non-hydrogen) atoms. The number of ketones is 3. The van der Waals surface area contributed by atoms with E-state index in [0.29, 0.717) is 25.7 Å². The fourth-order valence-corrected chi connectivity index (χ4v) is 7.35. The van der Waals surface area contributed by atoms with Crippen molar-refractivity contribution in [3.8, 4) is 0 Å². The van der Waals surface area contributed by atoms with Crippen molar-refractivity contribution < 1.29 is 42.9 Å². The molecule has 0 N–H and O–H groups in total. The van der Waals surface area contributed by atoms with Gasteiger partial charge in [0.05, 0.1) is 13.7 Å². The zero-order valence-electron chi connectivity index (χ0n) is 21.3. The van der Waals surface area contributed by atoms with Crippen LogP contribution < -0.4 is 0 Å². The van der Waals surface area contributed by atoms with Crippen molar-refractivity contribution >= 4 is 29.7 Å². The monoisotopic (exact) mass is 502 g/mol. The van der Waals surface area contributed by atoms with E-state index in [0.717, 1.165) is 12.7 Å². The number of ether oxygens (including phenoxy) is 4. The molecule has 0 spiro atoms. The number of methoxy groups -OCH3 is 1. The minimum atomic E-state index is -1.67. The van der Waals surface area contributed by atoms with Crippen LogP contribution in [0.4, 0.5) is 9.59 Å². The molecule has 9 nitrogen and oxygen atoms in total. The van der Waals surface area contributed by atoms with Crippen molar-refractivity contribution in [3.63, 3.8) is 0 Å². The van der Waals surface area contributed by atoms with E-state index < -0.39 is 41.1 Å². The average Bonchev–Trinajstić information content (AvgIpc) is 3.13. The lowest BCUT2D eigenvalue weighted by molar-refractivity contribution is -0.173. The zero-order chi connectivity index (χ0) is 26.3. The third-order valence-corrected chi connectivity index (χ3v) is 9.00. The maximum Gasteiger partial charge on any atom is 0.509 e. The number of fused-ring (bicyclic) bond motifs is 5. The fourth-order valence-electron chi connectivity index (χ4n) is 7.35. The van der Waals surface area contributed by atoms with E-state index in [2.05, 4.69) is 0 Å². The van der Waals surface area contributed by atoms with Gasteiger partial charge in [0.2, 0.25) is 5.78 Å². The number of Topliss-reactive ketones (excluding diaryl/α,β-unsaturated/α-hetero) is 2. The Morgan fingerprint density at radius 1 is 1.08 bits per heavy atom. The van der Waals surface area contributed by atoms with Crippen LogP contribution in [0.1, 0.15) is 59.3 Å². The number of carbonyl (C=O) groups is 5. The van der Waals surface area contributed by atoms with Crippen molar-refractivity contribution in [3.05, 3.63) is 23.8 Å². The number of carbonyl (C=O) groups excluding carboxylic acids is 5. The highest BCUT2D eigenvalue weighted by Crippen LogP contribution is 2.67. The van der Waals surface area contributed by atoms with Crippen LogP contribution >= 0.6 is 0 Å². The summed E-state index contributed by atoms with van der Waals surface area (Å²) in [5.41, 5.74) is -2.26. The summed E-state index contributed by atoms with van der Waals surface area (Å²) >= 11 is 0. The van der Waals surface area contributed by atoms with Gasteiger partial charge in [0.15, 0.2) is 18.0 Å². The van der Waals surface area contributed by atoms with Gasteiger partial charge in [0, 0.05) is 23.2 Å². The molecule has 0 aromatic carbocycles. The van der Waals surface area contributed by atoms with Crippen molar-refractivity contribution in [1.82, 2.24) is 0 Å². The van der Waals surface area contributed by atoms with Crippen LogP contribution in [0.5, 0.6) is 0 Å². The van der Waals surface area contributed by atoms with Gasteiger partial charge in [-0.05, 0) is 56.1 Å². The summed E-state index contributed by atoms with van der Waals surface area (Å²) in [4.78, 5) is 63.7. The zero-order valence-corrected chi connectivity index (χ0v) is 21.3. The van der Waals surface area contributed by atoms with Gasteiger partial charge in [-0.25, -0.2) is 9.59 Å². The summed E-state index contributed by atoms with van der Waals surface area (Å²) in [6.45, 7) is 5.18. The van der Waals surface area contributed by atoms with E-state index >= 15 is 0 Å². The van der Waals surface area contributed by atoms with Crippen LogP contribution in [0.15, 0.2) is 23.8 Å². The smallest absolute Gasteiger partial charge is 0.438 e. The van der Waals surface area contributed by atoms with Gasteiger partial charge in [0.1, 0.15) is 5.78 Å². The topological polar surface area (TPSA) is 122 Å². The van der Waals surface area contributed by atoms with Gasteiger partial charge >= 0.3 is 12.3 Å². The lowest BCUT2D eigenvalue weighted by Crippen LogP contribution is -2.62. The third kappa shape index (κ3) is 3.96. The van der Waals surface area contributed by atoms with E-state index in [1.807, 2.05) is 26.8 Å². The lowest BCUT2D eigenvalue weighted by atomic mass is 9.46. The quantitative estimate of drug-likeness (QED) is 0.493. The van der Waals surface area contributed by atoms with Gasteiger partial charge in [-0.15, -0.1) is 0 Å². The van der Waals surface area contributed by atoms with Crippen molar-refractivity contribution in [2.24, 2.45) is 28.6 Å². The van der Waals surface area contributed by atoms with Gasteiger partial charge in [0.25, 0.3) is 0 Å². The first-order valence-electron chi connectivity index (χ1n) is 12.6. The first-order valence-corrected chi connectivity index (χ1v) is 12.6. The molecule has 3 fully saturated rings. The van der Waals surface area contributed by atoms with E-state index in [9.17, 15) is 24.0 Å². The molecule has 0 bridgehead atoms. The van der Waals surface area contributed by atoms with Crippen molar-refractivity contribution in [1.29, 1.82) is 0 Å². The number of rotatable bonds is 6. The normalized spacial score (nSPS) is 36.7. The minimum Gasteiger partial charge on any atom is -0.438 e. The molecule has 4 aliphatic rings. The molecule has 0 amide bonds. The van der Waals surface area contributed by atoms with Gasteiger partial charge < -0.3 is 18.9 Å². The summed E-state index contributed by atoms with van der Waals surface area (Å²) in [5.74, 6) is -1.16. The highest BCUT2D eigenvalue weighted by atomic mass is 16.7. The summed E-state index contributed by atoms with van der Waals surface area (Å²) < 4.78 is 20.4. The Morgan fingerprint density at radius 2 is 1.83 bits per heavy atom. The van der Waals surface area contributed by atoms with Crippen LogP contribution in [0.25, 0.3) is 0 Å². The van der Waals surface area contributed by atoms with Crippen LogP contribution in [0.2, 0.25) is 0 Å². The highest BCUT2D eigenvalue weighted by molar-refractivity contribution is 6.02. The minimum absolute atomic E-state index is 0.0203. The Bertz CT molecular complexity index is 1040. The van der Waals surface area contributed by atoms with Crippen molar-refractivity contribution in [2.75, 3.05) is 20.3 Å². The van der Waals surface area contributed by atoms with E-state index in [-0.39, 0.29) is 48.8 Å². The van der Waals surface area contributed by atoms with Gasteiger partial charge in [-0.2, -0.15) is 0 Å². The molecule has 9 heteroatoms. The Hall–Kier alpha value is -2.97. The number of allylic oxidation sites excluding steroid dienone is 4. The lowest BCUT2D eigenvalue weighted by Gasteiger charge is -2.57. The number of hydrogen-bond donors (Lipinski definition) is 0. The first kappa shape index (κ1) is 26.1. The largest absolute Gasteiger partial charge is 0.509 e. The number of hydrogen-bond acceptors (Lipinski definition) is 9. The second-order valence-corrected chi connectivity index (χ2v) is 10.8. The average molecular weight is 503 g/mol. The third-order valence-electron chi connectivity index (χ3n) is 9.00. The molecule has 0 heterocycles. The molecule has 0 aliphatic heterocycles. The second-order valence-electron chi connectivity index (χ2n) is 10.8. The first-order chi connectivity index (χ1) is 17.0. The van der Waals surface area contributed by atoms with E-state index in [1.165, 1.54) is 6.08 Å². The van der Waals surface area contributed by atoms with E-state index in [4.69, 9.17) is 18.9 Å². The molecule has 0 aromatic heterocycles. The maximum atomic E-state index is 13.8. The molecular weight excluding hydrogens is 468 g/mol. The molecule has 0 unspecified atom stereocenters. The summed E-state index contributed by atoms with van der Waals surface area (Å²) in [5, 5.41) is 0. The summed E-state index contributed by atoms with van der Waals surface area (Å²) in [6.07, 6.45) is 5.79. The summed E-state index contributed by atoms with van der Waals surface area (Å²) in [7, 11) is 1.16. The molecule has 0 radical (unpaired) electrons. The maximum absolute atomic E-state index is 13.8. The fraction of sp³-hybridized carbons (Fsp3) is 0.667. The predicted octanol–water partition coefficient (Wildman–Crippen LogP) is 4.13. The Kier molecular flexibility index (Phi) is 6.88. The van der Waals surface area contributed by atoms with Crippen LogP contribution in [0.3, 0.4) is 0 Å². The highest BCUT2D eigenvalue weighted by Gasteiger charge is 2.70. The molecule has 3 saturated carbocycles. The van der Waals surface area contributed by atoms with Crippen molar-refractivity contribution in [2.45, 2.75) is 64.9 Å². The van der Waals surface area contributed by atoms with Crippen LogP contribution in [-0.4, -0.2) is 55.6 Å². The van der Waals surface area contributed by atoms with Crippen LogP contribution in [0, 0.1) is 28.6 Å². The summed E-state index contributed by atoms with van der Waals surface area (Å²) in [6, 6.07) is 0. The standard InChI is InChI=1S/C27H34O9/c1-5-12-34-24(32)35-15-21(30)27(36-23(31)33-4)11-9-19-18-7-6-16-13-17(28)8-10-25(16,2)22(18)20(29)14-26(19,27)3/h8,10,13,18-19,22H,5-7,9,11-12,14-15H2,1-4H3/t18-,19-,22+,25-,26-,27-/m0/s1. The Morgan fingerprint density at radius 3 is 2.53 bits per heavy atom. The predicted molar refractivity (Wildman–Crippen MR) is 126 cm³/mol. The Balaban J connectivity index is 1.66. The molecule has 6 atom stereocenters. The van der Waals surface area contributed by atoms with E-state index in [1.54, 1.807) is 6.08 Å². The molecule has 0 saturated heterocycles. The molecule has 4 aliphatic carbocycles.